The van der Waals surface area contributed by atoms with Crippen molar-refractivity contribution in [2.75, 3.05) is 6.61 Å². The van der Waals surface area contributed by atoms with E-state index in [1.165, 1.54) is 0 Å². The molecule has 0 aromatic carbocycles. The first-order valence-corrected chi connectivity index (χ1v) is 6.28. The van der Waals surface area contributed by atoms with Crippen molar-refractivity contribution in [1.82, 2.24) is 0 Å². The van der Waals surface area contributed by atoms with Crippen molar-refractivity contribution in [3.05, 3.63) is 0 Å². The van der Waals surface area contributed by atoms with Crippen LogP contribution in [0.15, 0.2) is 0 Å². The summed E-state index contributed by atoms with van der Waals surface area (Å²) < 4.78 is 5.11. The normalized spacial score (nSPS) is 21.2. The Morgan fingerprint density at radius 2 is 2.19 bits per heavy atom. The van der Waals surface area contributed by atoms with Crippen molar-refractivity contribution >= 4 is 11.8 Å². The third-order valence-electron chi connectivity index (χ3n) is 3.05. The van der Waals surface area contributed by atoms with Gasteiger partial charge in [0.25, 0.3) is 0 Å². The van der Waals surface area contributed by atoms with Gasteiger partial charge < -0.3 is 4.74 Å². The largest absolute Gasteiger partial charge is 0.466 e. The van der Waals surface area contributed by atoms with Gasteiger partial charge in [0.15, 0.2) is 0 Å². The van der Waals surface area contributed by atoms with Crippen LogP contribution in [0.2, 0.25) is 0 Å². The molecule has 0 aromatic rings. The fraction of sp³-hybridized carbons (Fsp3) is 0.846. The number of carbonyl (C=O) groups is 2. The summed E-state index contributed by atoms with van der Waals surface area (Å²) in [5.41, 5.74) is 0. The van der Waals surface area contributed by atoms with Crippen molar-refractivity contribution in [1.29, 1.82) is 0 Å². The van der Waals surface area contributed by atoms with Gasteiger partial charge in [-0.3, -0.25) is 9.59 Å². The van der Waals surface area contributed by atoms with E-state index in [-0.39, 0.29) is 24.1 Å². The minimum absolute atomic E-state index is 0.0692. The Bertz CT molecular complexity index is 246. The summed E-state index contributed by atoms with van der Waals surface area (Å²) in [6.45, 7) is 4.68. The number of hydrogen-bond acceptors (Lipinski definition) is 3. The summed E-state index contributed by atoms with van der Waals surface area (Å²) in [5, 5.41) is 0. The number of hydrogen-bond donors (Lipinski definition) is 0. The van der Waals surface area contributed by atoms with Crippen LogP contribution in [0.4, 0.5) is 0 Å². The lowest BCUT2D eigenvalue weighted by Crippen LogP contribution is -2.23. The van der Waals surface area contributed by atoms with Gasteiger partial charge in [0.2, 0.25) is 0 Å². The SMILES string of the molecule is CC(C)CCOC(=O)CC1CCCCC1=O. The lowest BCUT2D eigenvalue weighted by atomic mass is 9.86. The van der Waals surface area contributed by atoms with Gasteiger partial charge in [0.05, 0.1) is 13.0 Å². The topological polar surface area (TPSA) is 43.4 Å². The van der Waals surface area contributed by atoms with E-state index in [4.69, 9.17) is 4.74 Å². The van der Waals surface area contributed by atoms with Crippen LogP contribution < -0.4 is 0 Å². The first-order chi connectivity index (χ1) is 7.59. The Morgan fingerprint density at radius 1 is 1.44 bits per heavy atom. The fourth-order valence-corrected chi connectivity index (χ4v) is 1.94. The van der Waals surface area contributed by atoms with Crippen LogP contribution >= 0.6 is 0 Å². The molecule has 1 aliphatic carbocycles. The van der Waals surface area contributed by atoms with Crippen LogP contribution in [0.5, 0.6) is 0 Å². The summed E-state index contributed by atoms with van der Waals surface area (Å²) >= 11 is 0. The number of esters is 1. The minimum Gasteiger partial charge on any atom is -0.466 e. The molecule has 0 N–H and O–H groups in total. The molecule has 0 amide bonds. The number of ether oxygens (including phenoxy) is 1. The van der Waals surface area contributed by atoms with Crippen LogP contribution in [0.3, 0.4) is 0 Å². The lowest BCUT2D eigenvalue weighted by Gasteiger charge is -2.19. The van der Waals surface area contributed by atoms with Crippen LogP contribution in [0.25, 0.3) is 0 Å². The minimum atomic E-state index is -0.208. The third-order valence-corrected chi connectivity index (χ3v) is 3.05. The maximum absolute atomic E-state index is 11.5. The highest BCUT2D eigenvalue weighted by Gasteiger charge is 2.25. The molecule has 1 unspecified atom stereocenters. The molecular formula is C13H22O3. The predicted molar refractivity (Wildman–Crippen MR) is 62.0 cm³/mol. The van der Waals surface area contributed by atoms with Crippen molar-refractivity contribution in [2.45, 2.75) is 52.4 Å². The van der Waals surface area contributed by atoms with E-state index in [2.05, 4.69) is 13.8 Å². The molecule has 1 fully saturated rings. The van der Waals surface area contributed by atoms with Gasteiger partial charge >= 0.3 is 5.97 Å². The maximum atomic E-state index is 11.5. The fourth-order valence-electron chi connectivity index (χ4n) is 1.94. The molecule has 16 heavy (non-hydrogen) atoms. The van der Waals surface area contributed by atoms with Crippen molar-refractivity contribution < 1.29 is 14.3 Å². The Kier molecular flexibility index (Phi) is 5.50. The van der Waals surface area contributed by atoms with Crippen LogP contribution in [-0.4, -0.2) is 18.4 Å². The molecule has 0 heterocycles. The Labute approximate surface area is 97.5 Å². The highest BCUT2D eigenvalue weighted by molar-refractivity contribution is 5.85. The molecule has 3 nitrogen and oxygen atoms in total. The van der Waals surface area contributed by atoms with Gasteiger partial charge in [-0.1, -0.05) is 20.3 Å². The molecular weight excluding hydrogens is 204 g/mol. The standard InChI is InChI=1S/C13H22O3/c1-10(2)7-8-16-13(15)9-11-5-3-4-6-12(11)14/h10-11H,3-9H2,1-2H3. The second kappa shape index (κ2) is 6.66. The second-order valence-corrected chi connectivity index (χ2v) is 5.02. The number of ketones is 1. The van der Waals surface area contributed by atoms with Gasteiger partial charge in [-0.15, -0.1) is 0 Å². The molecule has 0 radical (unpaired) electrons. The Balaban J connectivity index is 2.20. The molecule has 1 atom stereocenters. The molecule has 0 aliphatic heterocycles. The van der Waals surface area contributed by atoms with Crippen LogP contribution in [0, 0.1) is 11.8 Å². The number of Topliss-reactive ketones (excluding diaryl/α,β-unsaturated/α-hetero) is 1. The molecule has 1 aliphatic rings. The maximum Gasteiger partial charge on any atom is 0.306 e. The zero-order valence-electron chi connectivity index (χ0n) is 10.3. The van der Waals surface area contributed by atoms with Gasteiger partial charge in [-0.05, 0) is 25.2 Å². The first-order valence-electron chi connectivity index (χ1n) is 6.28. The van der Waals surface area contributed by atoms with Crippen LogP contribution in [-0.2, 0) is 14.3 Å². The number of carbonyl (C=O) groups excluding carboxylic acids is 2. The van der Waals surface area contributed by atoms with E-state index in [0.717, 1.165) is 25.7 Å². The number of rotatable bonds is 5. The summed E-state index contributed by atoms with van der Waals surface area (Å²) in [7, 11) is 0. The van der Waals surface area contributed by atoms with Crippen molar-refractivity contribution in [3.63, 3.8) is 0 Å². The Morgan fingerprint density at radius 3 is 2.81 bits per heavy atom. The zero-order chi connectivity index (χ0) is 12.0. The summed E-state index contributed by atoms with van der Waals surface area (Å²) in [4.78, 5) is 23.0. The van der Waals surface area contributed by atoms with Gasteiger partial charge in [0.1, 0.15) is 5.78 Å². The van der Waals surface area contributed by atoms with E-state index in [1.807, 2.05) is 0 Å². The van der Waals surface area contributed by atoms with E-state index in [0.29, 0.717) is 18.9 Å². The third kappa shape index (κ3) is 4.77. The summed E-state index contributed by atoms with van der Waals surface area (Å²) in [6.07, 6.45) is 4.73. The zero-order valence-corrected chi connectivity index (χ0v) is 10.3. The van der Waals surface area contributed by atoms with E-state index in [9.17, 15) is 9.59 Å². The highest BCUT2D eigenvalue weighted by Crippen LogP contribution is 2.23. The highest BCUT2D eigenvalue weighted by atomic mass is 16.5. The van der Waals surface area contributed by atoms with Gasteiger partial charge in [-0.25, -0.2) is 0 Å². The van der Waals surface area contributed by atoms with E-state index < -0.39 is 0 Å². The lowest BCUT2D eigenvalue weighted by molar-refractivity contribution is -0.147. The summed E-state index contributed by atoms with van der Waals surface area (Å²) in [6, 6.07) is 0. The van der Waals surface area contributed by atoms with Gasteiger partial charge in [0, 0.05) is 12.3 Å². The van der Waals surface area contributed by atoms with E-state index in [1.54, 1.807) is 0 Å². The molecule has 0 spiro atoms. The van der Waals surface area contributed by atoms with Gasteiger partial charge in [-0.2, -0.15) is 0 Å². The predicted octanol–water partition coefficient (Wildman–Crippen LogP) is 2.73. The molecule has 0 aromatic heterocycles. The Hall–Kier alpha value is -0.860. The summed E-state index contributed by atoms with van der Waals surface area (Å²) in [5.74, 6) is 0.511. The monoisotopic (exact) mass is 226 g/mol. The molecule has 1 saturated carbocycles. The van der Waals surface area contributed by atoms with Crippen LogP contribution in [0.1, 0.15) is 52.4 Å². The average Bonchev–Trinajstić information content (AvgIpc) is 2.21. The van der Waals surface area contributed by atoms with E-state index >= 15 is 0 Å². The molecule has 1 rings (SSSR count). The smallest absolute Gasteiger partial charge is 0.306 e. The second-order valence-electron chi connectivity index (χ2n) is 5.02. The van der Waals surface area contributed by atoms with Crippen molar-refractivity contribution in [3.8, 4) is 0 Å². The molecule has 3 heteroatoms. The van der Waals surface area contributed by atoms with Crippen molar-refractivity contribution in [2.24, 2.45) is 11.8 Å². The first kappa shape index (κ1) is 13.2. The molecule has 92 valence electrons. The molecule has 0 bridgehead atoms. The quantitative estimate of drug-likeness (QED) is 0.677. The molecule has 0 saturated heterocycles. The average molecular weight is 226 g/mol.